The largest absolute Gasteiger partial charge is 0.496 e. The Labute approximate surface area is 120 Å². The number of rotatable bonds is 5. The van der Waals surface area contributed by atoms with Crippen LogP contribution in [0.25, 0.3) is 0 Å². The summed E-state index contributed by atoms with van der Waals surface area (Å²) in [4.78, 5) is 0.358. The molecule has 1 aromatic carbocycles. The van der Waals surface area contributed by atoms with E-state index in [0.717, 1.165) is 16.9 Å². The van der Waals surface area contributed by atoms with E-state index >= 15 is 0 Å². The minimum atomic E-state index is 0.358. The van der Waals surface area contributed by atoms with Crippen LogP contribution in [0.4, 0.5) is 0 Å². The molecule has 4 heteroatoms. The van der Waals surface area contributed by atoms with E-state index in [2.05, 4.69) is 0 Å². The van der Waals surface area contributed by atoms with Crippen LogP contribution in [0.2, 0.25) is 0 Å². The summed E-state index contributed by atoms with van der Waals surface area (Å²) in [5.74, 6) is 0.720. The van der Waals surface area contributed by atoms with Crippen molar-refractivity contribution in [2.45, 2.75) is 44.8 Å². The van der Waals surface area contributed by atoms with Gasteiger partial charge in [-0.3, -0.25) is 0 Å². The Morgan fingerprint density at radius 3 is 2.68 bits per heavy atom. The standard InChI is InChI=1S/C15H21NO2S/c1-17-14-9-11(7-8-13(14)15(16)19)10-18-12-5-3-2-4-6-12/h7-9,12H,2-6,10H2,1H3,(H2,16,19). The molecule has 0 aromatic heterocycles. The summed E-state index contributed by atoms with van der Waals surface area (Å²) in [5.41, 5.74) is 7.53. The zero-order valence-corrected chi connectivity index (χ0v) is 12.2. The predicted molar refractivity (Wildman–Crippen MR) is 80.5 cm³/mol. The molecule has 0 saturated heterocycles. The van der Waals surface area contributed by atoms with E-state index in [1.54, 1.807) is 7.11 Å². The summed E-state index contributed by atoms with van der Waals surface area (Å²) >= 11 is 4.99. The summed E-state index contributed by atoms with van der Waals surface area (Å²) in [5, 5.41) is 0. The molecule has 1 saturated carbocycles. The minimum Gasteiger partial charge on any atom is -0.496 e. The molecule has 2 N–H and O–H groups in total. The van der Waals surface area contributed by atoms with Crippen LogP contribution < -0.4 is 10.5 Å². The van der Waals surface area contributed by atoms with E-state index in [0.29, 0.717) is 17.7 Å². The molecule has 1 aromatic rings. The molecule has 1 aliphatic rings. The molecule has 0 heterocycles. The third-order valence-electron chi connectivity index (χ3n) is 3.57. The molecule has 0 bridgehead atoms. The lowest BCUT2D eigenvalue weighted by molar-refractivity contribution is 0.0168. The fourth-order valence-electron chi connectivity index (χ4n) is 2.47. The van der Waals surface area contributed by atoms with Gasteiger partial charge in [0.1, 0.15) is 10.7 Å². The second-order valence-electron chi connectivity index (χ2n) is 4.97. The van der Waals surface area contributed by atoms with Crippen molar-refractivity contribution in [1.29, 1.82) is 0 Å². The fraction of sp³-hybridized carbons (Fsp3) is 0.533. The summed E-state index contributed by atoms with van der Waals surface area (Å²) < 4.78 is 11.3. The van der Waals surface area contributed by atoms with Gasteiger partial charge in [-0.15, -0.1) is 0 Å². The highest BCUT2D eigenvalue weighted by Gasteiger charge is 2.14. The number of hydrogen-bond donors (Lipinski definition) is 1. The molecule has 0 radical (unpaired) electrons. The Hall–Kier alpha value is -1.13. The van der Waals surface area contributed by atoms with Gasteiger partial charge in [-0.2, -0.15) is 0 Å². The quantitative estimate of drug-likeness (QED) is 0.841. The Morgan fingerprint density at radius 2 is 2.05 bits per heavy atom. The normalized spacial score (nSPS) is 16.3. The van der Waals surface area contributed by atoms with Crippen molar-refractivity contribution >= 4 is 17.2 Å². The number of thiocarbonyl (C=S) groups is 1. The number of methoxy groups -OCH3 is 1. The number of hydrogen-bond acceptors (Lipinski definition) is 3. The molecule has 0 unspecified atom stereocenters. The molecular weight excluding hydrogens is 258 g/mol. The summed E-state index contributed by atoms with van der Waals surface area (Å²) in [7, 11) is 1.63. The van der Waals surface area contributed by atoms with E-state index in [4.69, 9.17) is 27.4 Å². The third kappa shape index (κ3) is 3.91. The Balaban J connectivity index is 1.98. The summed E-state index contributed by atoms with van der Waals surface area (Å²) in [6.07, 6.45) is 6.69. The minimum absolute atomic E-state index is 0.358. The highest BCUT2D eigenvalue weighted by molar-refractivity contribution is 7.80. The highest BCUT2D eigenvalue weighted by Crippen LogP contribution is 2.24. The first-order chi connectivity index (χ1) is 9.20. The van der Waals surface area contributed by atoms with Crippen molar-refractivity contribution in [3.63, 3.8) is 0 Å². The zero-order valence-electron chi connectivity index (χ0n) is 11.4. The van der Waals surface area contributed by atoms with Gasteiger partial charge in [0.05, 0.1) is 25.4 Å². The molecule has 1 fully saturated rings. The molecule has 0 atom stereocenters. The maximum Gasteiger partial charge on any atom is 0.129 e. The average Bonchev–Trinajstić information content (AvgIpc) is 2.45. The second-order valence-corrected chi connectivity index (χ2v) is 5.41. The zero-order chi connectivity index (χ0) is 13.7. The van der Waals surface area contributed by atoms with E-state index in [1.165, 1.54) is 32.1 Å². The first-order valence-electron chi connectivity index (χ1n) is 6.79. The lowest BCUT2D eigenvalue weighted by Gasteiger charge is -2.22. The highest BCUT2D eigenvalue weighted by atomic mass is 32.1. The molecule has 0 amide bonds. The van der Waals surface area contributed by atoms with Crippen molar-refractivity contribution in [1.82, 2.24) is 0 Å². The molecule has 104 valence electrons. The first-order valence-corrected chi connectivity index (χ1v) is 7.20. The Bertz CT molecular complexity index is 442. The number of benzene rings is 1. The van der Waals surface area contributed by atoms with Crippen LogP contribution in [0.3, 0.4) is 0 Å². The third-order valence-corrected chi connectivity index (χ3v) is 3.79. The van der Waals surface area contributed by atoms with Crippen LogP contribution in [-0.4, -0.2) is 18.2 Å². The summed E-state index contributed by atoms with van der Waals surface area (Å²) in [6, 6.07) is 5.86. The monoisotopic (exact) mass is 279 g/mol. The number of ether oxygens (including phenoxy) is 2. The van der Waals surface area contributed by atoms with Crippen LogP contribution in [0.1, 0.15) is 43.2 Å². The van der Waals surface area contributed by atoms with Gasteiger partial charge in [-0.1, -0.05) is 37.5 Å². The molecule has 0 aliphatic heterocycles. The van der Waals surface area contributed by atoms with E-state index in [-0.39, 0.29) is 0 Å². The van der Waals surface area contributed by atoms with Gasteiger partial charge in [0.25, 0.3) is 0 Å². The topological polar surface area (TPSA) is 44.5 Å². The molecule has 2 rings (SSSR count). The van der Waals surface area contributed by atoms with Crippen LogP contribution >= 0.6 is 12.2 Å². The maximum atomic E-state index is 5.95. The average molecular weight is 279 g/mol. The van der Waals surface area contributed by atoms with Crippen molar-refractivity contribution in [3.05, 3.63) is 29.3 Å². The van der Waals surface area contributed by atoms with Crippen LogP contribution in [0.15, 0.2) is 18.2 Å². The van der Waals surface area contributed by atoms with E-state index in [9.17, 15) is 0 Å². The Morgan fingerprint density at radius 1 is 1.32 bits per heavy atom. The van der Waals surface area contributed by atoms with Gasteiger partial charge in [0.2, 0.25) is 0 Å². The molecule has 0 spiro atoms. The van der Waals surface area contributed by atoms with Crippen molar-refractivity contribution in [2.75, 3.05) is 7.11 Å². The lowest BCUT2D eigenvalue weighted by Crippen LogP contribution is -2.16. The van der Waals surface area contributed by atoms with Gasteiger partial charge in [-0.05, 0) is 30.5 Å². The SMILES string of the molecule is COc1cc(COC2CCCCC2)ccc1C(N)=S. The molecular formula is C15H21NO2S. The van der Waals surface area contributed by atoms with Crippen LogP contribution in [0, 0.1) is 0 Å². The second kappa shape index (κ2) is 6.87. The molecule has 1 aliphatic carbocycles. The lowest BCUT2D eigenvalue weighted by atomic mass is 9.98. The van der Waals surface area contributed by atoms with Gasteiger partial charge >= 0.3 is 0 Å². The number of nitrogens with two attached hydrogens (primary N) is 1. The smallest absolute Gasteiger partial charge is 0.129 e. The maximum absolute atomic E-state index is 5.95. The first kappa shape index (κ1) is 14.3. The van der Waals surface area contributed by atoms with Crippen molar-refractivity contribution in [2.24, 2.45) is 5.73 Å². The van der Waals surface area contributed by atoms with Gasteiger partial charge in [0, 0.05) is 0 Å². The van der Waals surface area contributed by atoms with Crippen molar-refractivity contribution in [3.8, 4) is 5.75 Å². The molecule has 19 heavy (non-hydrogen) atoms. The van der Waals surface area contributed by atoms with E-state index < -0.39 is 0 Å². The summed E-state index contributed by atoms with van der Waals surface area (Å²) in [6.45, 7) is 0.624. The fourth-order valence-corrected chi connectivity index (χ4v) is 2.64. The van der Waals surface area contributed by atoms with Crippen molar-refractivity contribution < 1.29 is 9.47 Å². The predicted octanol–water partition coefficient (Wildman–Crippen LogP) is 3.18. The van der Waals surface area contributed by atoms with Gasteiger partial charge < -0.3 is 15.2 Å². The molecule has 3 nitrogen and oxygen atoms in total. The van der Waals surface area contributed by atoms with Crippen LogP contribution in [0.5, 0.6) is 5.75 Å². The van der Waals surface area contributed by atoms with E-state index in [1.807, 2.05) is 18.2 Å². The Kier molecular flexibility index (Phi) is 5.16. The van der Waals surface area contributed by atoms with Gasteiger partial charge in [0.15, 0.2) is 0 Å². The van der Waals surface area contributed by atoms with Gasteiger partial charge in [-0.25, -0.2) is 0 Å². The van der Waals surface area contributed by atoms with Crippen LogP contribution in [-0.2, 0) is 11.3 Å².